The first kappa shape index (κ1) is 13.4. The SMILES string of the molecule is Cc1cc([C@@H](C)N)ccc1OC1CCCCC1O. The molecule has 1 aliphatic rings. The normalized spacial score (nSPS) is 25.8. The van der Waals surface area contributed by atoms with Crippen molar-refractivity contribution in [1.82, 2.24) is 0 Å². The molecule has 2 rings (SSSR count). The van der Waals surface area contributed by atoms with Crippen LogP contribution in [0.2, 0.25) is 0 Å². The molecule has 1 saturated carbocycles. The summed E-state index contributed by atoms with van der Waals surface area (Å²) in [7, 11) is 0. The van der Waals surface area contributed by atoms with Crippen LogP contribution in [0, 0.1) is 6.92 Å². The average Bonchev–Trinajstić information content (AvgIpc) is 2.34. The van der Waals surface area contributed by atoms with Crippen molar-refractivity contribution in [2.45, 2.75) is 57.8 Å². The second-order valence-corrected chi connectivity index (χ2v) is 5.32. The smallest absolute Gasteiger partial charge is 0.124 e. The van der Waals surface area contributed by atoms with Gasteiger partial charge in [-0.1, -0.05) is 18.6 Å². The van der Waals surface area contributed by atoms with Gasteiger partial charge in [0.2, 0.25) is 0 Å². The van der Waals surface area contributed by atoms with Gasteiger partial charge in [-0.05, 0) is 50.3 Å². The number of aliphatic hydroxyl groups excluding tert-OH is 1. The fourth-order valence-corrected chi connectivity index (χ4v) is 2.47. The lowest BCUT2D eigenvalue weighted by Gasteiger charge is -2.29. The van der Waals surface area contributed by atoms with Gasteiger partial charge in [0.15, 0.2) is 0 Å². The second kappa shape index (κ2) is 5.72. The maximum Gasteiger partial charge on any atom is 0.124 e. The first-order valence-corrected chi connectivity index (χ1v) is 6.79. The minimum absolute atomic E-state index is 0.0398. The summed E-state index contributed by atoms with van der Waals surface area (Å²) >= 11 is 0. The highest BCUT2D eigenvalue weighted by molar-refractivity contribution is 5.37. The Kier molecular flexibility index (Phi) is 4.25. The van der Waals surface area contributed by atoms with Crippen molar-refractivity contribution < 1.29 is 9.84 Å². The van der Waals surface area contributed by atoms with Crippen molar-refractivity contribution in [3.63, 3.8) is 0 Å². The lowest BCUT2D eigenvalue weighted by Crippen LogP contribution is -2.34. The number of benzene rings is 1. The third kappa shape index (κ3) is 3.03. The van der Waals surface area contributed by atoms with Gasteiger partial charge in [0.1, 0.15) is 11.9 Å². The standard InChI is InChI=1S/C15H23NO2/c1-10-9-12(11(2)16)7-8-14(10)18-15-6-4-3-5-13(15)17/h7-9,11,13,15,17H,3-6,16H2,1-2H3/t11-,13?,15?/m1/s1. The number of ether oxygens (including phenoxy) is 1. The maximum absolute atomic E-state index is 9.92. The van der Waals surface area contributed by atoms with E-state index in [0.29, 0.717) is 0 Å². The molecule has 0 amide bonds. The molecule has 100 valence electrons. The summed E-state index contributed by atoms with van der Waals surface area (Å²) in [5, 5.41) is 9.92. The first-order valence-electron chi connectivity index (χ1n) is 6.79. The molecule has 0 radical (unpaired) electrons. The Morgan fingerprint density at radius 1 is 1.33 bits per heavy atom. The lowest BCUT2D eigenvalue weighted by atomic mass is 9.94. The van der Waals surface area contributed by atoms with Crippen LogP contribution in [0.15, 0.2) is 18.2 Å². The summed E-state index contributed by atoms with van der Waals surface area (Å²) in [5.74, 6) is 0.866. The molecule has 2 unspecified atom stereocenters. The van der Waals surface area contributed by atoms with Gasteiger partial charge in [-0.25, -0.2) is 0 Å². The number of nitrogens with two attached hydrogens (primary N) is 1. The summed E-state index contributed by atoms with van der Waals surface area (Å²) in [6, 6.07) is 6.07. The molecule has 3 nitrogen and oxygen atoms in total. The third-order valence-corrected chi connectivity index (χ3v) is 3.67. The van der Waals surface area contributed by atoms with Crippen LogP contribution in [-0.2, 0) is 0 Å². The van der Waals surface area contributed by atoms with Gasteiger partial charge in [-0.15, -0.1) is 0 Å². The molecular formula is C15H23NO2. The minimum atomic E-state index is -0.328. The van der Waals surface area contributed by atoms with Gasteiger partial charge in [0.05, 0.1) is 6.10 Å². The van der Waals surface area contributed by atoms with E-state index >= 15 is 0 Å². The highest BCUT2D eigenvalue weighted by Crippen LogP contribution is 2.27. The fraction of sp³-hybridized carbons (Fsp3) is 0.600. The molecule has 0 bridgehead atoms. The number of rotatable bonds is 3. The molecule has 3 atom stereocenters. The van der Waals surface area contributed by atoms with E-state index in [1.807, 2.05) is 26.0 Å². The van der Waals surface area contributed by atoms with E-state index in [1.165, 1.54) is 0 Å². The molecule has 1 aromatic carbocycles. The zero-order valence-corrected chi connectivity index (χ0v) is 11.2. The number of aryl methyl sites for hydroxylation is 1. The van der Waals surface area contributed by atoms with Gasteiger partial charge in [-0.2, -0.15) is 0 Å². The van der Waals surface area contributed by atoms with Crippen LogP contribution >= 0.6 is 0 Å². The van der Waals surface area contributed by atoms with E-state index in [9.17, 15) is 5.11 Å². The van der Waals surface area contributed by atoms with Crippen molar-refractivity contribution in [1.29, 1.82) is 0 Å². The van der Waals surface area contributed by atoms with E-state index in [4.69, 9.17) is 10.5 Å². The van der Waals surface area contributed by atoms with E-state index in [0.717, 1.165) is 42.6 Å². The van der Waals surface area contributed by atoms with Gasteiger partial charge in [0.25, 0.3) is 0 Å². The molecule has 3 heteroatoms. The number of hydrogen-bond donors (Lipinski definition) is 2. The molecule has 0 heterocycles. The maximum atomic E-state index is 9.92. The molecule has 1 fully saturated rings. The Hall–Kier alpha value is -1.06. The zero-order valence-electron chi connectivity index (χ0n) is 11.2. The minimum Gasteiger partial charge on any atom is -0.487 e. The molecular weight excluding hydrogens is 226 g/mol. The van der Waals surface area contributed by atoms with Crippen molar-refractivity contribution in [2.24, 2.45) is 5.73 Å². The van der Waals surface area contributed by atoms with Crippen molar-refractivity contribution in [2.75, 3.05) is 0 Å². The van der Waals surface area contributed by atoms with Gasteiger partial charge >= 0.3 is 0 Å². The zero-order chi connectivity index (χ0) is 13.1. The molecule has 0 aliphatic heterocycles. The summed E-state index contributed by atoms with van der Waals surface area (Å²) in [6.07, 6.45) is 3.64. The summed E-state index contributed by atoms with van der Waals surface area (Å²) in [5.41, 5.74) is 8.06. The summed E-state index contributed by atoms with van der Waals surface area (Å²) in [4.78, 5) is 0. The Balaban J connectivity index is 2.09. The monoisotopic (exact) mass is 249 g/mol. The van der Waals surface area contributed by atoms with Crippen LogP contribution in [0.3, 0.4) is 0 Å². The quantitative estimate of drug-likeness (QED) is 0.866. The molecule has 18 heavy (non-hydrogen) atoms. The van der Waals surface area contributed by atoms with Gasteiger partial charge in [0, 0.05) is 6.04 Å². The second-order valence-electron chi connectivity index (χ2n) is 5.32. The molecule has 3 N–H and O–H groups in total. The van der Waals surface area contributed by atoms with E-state index in [1.54, 1.807) is 0 Å². The Morgan fingerprint density at radius 2 is 2.06 bits per heavy atom. The van der Waals surface area contributed by atoms with E-state index < -0.39 is 0 Å². The third-order valence-electron chi connectivity index (χ3n) is 3.67. The Bertz CT molecular complexity index is 403. The molecule has 0 saturated heterocycles. The topological polar surface area (TPSA) is 55.5 Å². The number of aliphatic hydroxyl groups is 1. The van der Waals surface area contributed by atoms with Crippen molar-refractivity contribution >= 4 is 0 Å². The lowest BCUT2D eigenvalue weighted by molar-refractivity contribution is 0.00653. The van der Waals surface area contributed by atoms with Crippen molar-refractivity contribution in [3.8, 4) is 5.75 Å². The fourth-order valence-electron chi connectivity index (χ4n) is 2.47. The molecule has 1 aliphatic carbocycles. The van der Waals surface area contributed by atoms with Crippen LogP contribution in [0.4, 0.5) is 0 Å². The Morgan fingerprint density at radius 3 is 2.67 bits per heavy atom. The van der Waals surface area contributed by atoms with Crippen LogP contribution in [-0.4, -0.2) is 17.3 Å². The summed E-state index contributed by atoms with van der Waals surface area (Å²) < 4.78 is 5.94. The predicted molar refractivity (Wildman–Crippen MR) is 72.7 cm³/mol. The van der Waals surface area contributed by atoms with Crippen LogP contribution in [0.5, 0.6) is 5.75 Å². The highest BCUT2D eigenvalue weighted by Gasteiger charge is 2.25. The molecule has 0 aromatic heterocycles. The number of hydrogen-bond acceptors (Lipinski definition) is 3. The largest absolute Gasteiger partial charge is 0.487 e. The highest BCUT2D eigenvalue weighted by atomic mass is 16.5. The van der Waals surface area contributed by atoms with E-state index in [-0.39, 0.29) is 18.2 Å². The van der Waals surface area contributed by atoms with Crippen LogP contribution in [0.1, 0.15) is 49.8 Å². The first-order chi connectivity index (χ1) is 8.58. The van der Waals surface area contributed by atoms with Crippen LogP contribution < -0.4 is 10.5 Å². The van der Waals surface area contributed by atoms with Crippen molar-refractivity contribution in [3.05, 3.63) is 29.3 Å². The molecule has 0 spiro atoms. The van der Waals surface area contributed by atoms with Gasteiger partial charge in [-0.3, -0.25) is 0 Å². The average molecular weight is 249 g/mol. The van der Waals surface area contributed by atoms with Gasteiger partial charge < -0.3 is 15.6 Å². The summed E-state index contributed by atoms with van der Waals surface area (Å²) in [6.45, 7) is 4.00. The predicted octanol–water partition coefficient (Wildman–Crippen LogP) is 2.70. The van der Waals surface area contributed by atoms with Crippen LogP contribution in [0.25, 0.3) is 0 Å². The molecule has 1 aromatic rings. The Labute approximate surface area is 109 Å². The van der Waals surface area contributed by atoms with E-state index in [2.05, 4.69) is 6.07 Å².